The number of likely N-dealkylation sites (tertiary alicyclic amines) is 1. The lowest BCUT2D eigenvalue weighted by Gasteiger charge is -2.42. The van der Waals surface area contributed by atoms with Crippen LogP contribution in [-0.4, -0.2) is 45.7 Å². The Balaban J connectivity index is 1.63. The average Bonchev–Trinajstić information content (AvgIpc) is 3.05. The van der Waals surface area contributed by atoms with Crippen molar-refractivity contribution < 1.29 is 14.3 Å². The van der Waals surface area contributed by atoms with Crippen molar-refractivity contribution in [1.82, 2.24) is 20.0 Å². The molecule has 0 unspecified atom stereocenters. The van der Waals surface area contributed by atoms with Crippen LogP contribution in [0, 0.1) is 0 Å². The molecule has 2 atom stereocenters. The van der Waals surface area contributed by atoms with Gasteiger partial charge in [-0.25, -0.2) is 0 Å². The van der Waals surface area contributed by atoms with Crippen molar-refractivity contribution >= 4 is 11.8 Å². The number of amides is 2. The maximum atomic E-state index is 12.8. The molecule has 3 heterocycles. The SMILES string of the molecule is CN1CC[C@@]2(CCC1=O)C[C@H](NC(=O)c1ccnn1C)c1ccccc1O2. The molecule has 4 rings (SSSR count). The van der Waals surface area contributed by atoms with Gasteiger partial charge in [0.25, 0.3) is 5.91 Å². The number of carbonyl (C=O) groups excluding carboxylic acids is 2. The number of para-hydroxylation sites is 1. The van der Waals surface area contributed by atoms with Crippen LogP contribution in [0.25, 0.3) is 0 Å². The number of hydrogen-bond donors (Lipinski definition) is 1. The summed E-state index contributed by atoms with van der Waals surface area (Å²) in [6.45, 7) is 0.656. The predicted octanol–water partition coefficient (Wildman–Crippen LogP) is 2.05. The minimum Gasteiger partial charge on any atom is -0.487 e. The van der Waals surface area contributed by atoms with Gasteiger partial charge in [0.15, 0.2) is 0 Å². The monoisotopic (exact) mass is 368 g/mol. The molecular formula is C20H24N4O3. The summed E-state index contributed by atoms with van der Waals surface area (Å²) >= 11 is 0. The van der Waals surface area contributed by atoms with Crippen molar-refractivity contribution in [3.05, 3.63) is 47.8 Å². The summed E-state index contributed by atoms with van der Waals surface area (Å²) in [5, 5.41) is 7.23. The summed E-state index contributed by atoms with van der Waals surface area (Å²) in [5.41, 5.74) is 1.05. The van der Waals surface area contributed by atoms with Gasteiger partial charge in [-0.15, -0.1) is 0 Å². The lowest BCUT2D eigenvalue weighted by molar-refractivity contribution is -0.129. The standard InChI is InChI=1S/C20H24N4O3/c1-23-12-10-20(9-7-18(23)25)13-15(14-5-3-4-6-17(14)27-20)22-19(26)16-8-11-21-24(16)2/h3-6,8,11,15H,7,9-10,12-13H2,1-2H3,(H,22,26)/t15-,20-/m0/s1. The van der Waals surface area contributed by atoms with E-state index in [2.05, 4.69) is 10.4 Å². The van der Waals surface area contributed by atoms with Gasteiger partial charge >= 0.3 is 0 Å². The van der Waals surface area contributed by atoms with Crippen LogP contribution in [0.5, 0.6) is 5.75 Å². The second-order valence-electron chi connectivity index (χ2n) is 7.46. The third-order valence-corrected chi connectivity index (χ3v) is 5.68. The summed E-state index contributed by atoms with van der Waals surface area (Å²) in [6.07, 6.45) is 4.13. The van der Waals surface area contributed by atoms with E-state index < -0.39 is 5.60 Å². The summed E-state index contributed by atoms with van der Waals surface area (Å²) in [4.78, 5) is 26.7. The molecule has 0 aliphatic carbocycles. The average molecular weight is 368 g/mol. The first-order chi connectivity index (χ1) is 13.0. The van der Waals surface area contributed by atoms with Crippen LogP contribution in [0.3, 0.4) is 0 Å². The first-order valence-corrected chi connectivity index (χ1v) is 9.28. The zero-order valence-corrected chi connectivity index (χ0v) is 15.6. The van der Waals surface area contributed by atoms with Crippen molar-refractivity contribution in [1.29, 1.82) is 0 Å². The van der Waals surface area contributed by atoms with Crippen LogP contribution in [-0.2, 0) is 11.8 Å². The lowest BCUT2D eigenvalue weighted by Crippen LogP contribution is -2.46. The fraction of sp³-hybridized carbons (Fsp3) is 0.450. The first kappa shape index (κ1) is 17.6. The molecule has 142 valence electrons. The van der Waals surface area contributed by atoms with E-state index in [-0.39, 0.29) is 17.9 Å². The highest BCUT2D eigenvalue weighted by molar-refractivity contribution is 5.92. The predicted molar refractivity (Wildman–Crippen MR) is 99.3 cm³/mol. The number of hydrogen-bond acceptors (Lipinski definition) is 4. The summed E-state index contributed by atoms with van der Waals surface area (Å²) < 4.78 is 7.98. The maximum Gasteiger partial charge on any atom is 0.270 e. The fourth-order valence-electron chi connectivity index (χ4n) is 4.03. The number of nitrogens with one attached hydrogen (secondary N) is 1. The highest BCUT2D eigenvalue weighted by Crippen LogP contribution is 2.44. The molecule has 2 amide bonds. The third-order valence-electron chi connectivity index (χ3n) is 5.68. The van der Waals surface area contributed by atoms with E-state index in [9.17, 15) is 9.59 Å². The number of carbonyl (C=O) groups is 2. The van der Waals surface area contributed by atoms with Gasteiger partial charge in [-0.3, -0.25) is 14.3 Å². The molecule has 0 radical (unpaired) electrons. The van der Waals surface area contributed by atoms with Gasteiger partial charge in [0.1, 0.15) is 17.0 Å². The third kappa shape index (κ3) is 3.29. The molecule has 1 fully saturated rings. The minimum absolute atomic E-state index is 0.143. The molecule has 2 aliphatic heterocycles. The molecule has 27 heavy (non-hydrogen) atoms. The molecule has 7 nitrogen and oxygen atoms in total. The quantitative estimate of drug-likeness (QED) is 0.880. The molecular weight excluding hydrogens is 344 g/mol. The van der Waals surface area contributed by atoms with Crippen molar-refractivity contribution in [2.75, 3.05) is 13.6 Å². The van der Waals surface area contributed by atoms with E-state index in [1.807, 2.05) is 31.3 Å². The molecule has 0 saturated carbocycles. The number of rotatable bonds is 2. The Hall–Kier alpha value is -2.83. The second kappa shape index (κ2) is 6.72. The molecule has 1 N–H and O–H groups in total. The van der Waals surface area contributed by atoms with E-state index >= 15 is 0 Å². The number of fused-ring (bicyclic) bond motifs is 1. The molecule has 1 aromatic heterocycles. The maximum absolute atomic E-state index is 12.8. The Morgan fingerprint density at radius 3 is 2.85 bits per heavy atom. The molecule has 1 spiro atoms. The Labute approximate surface area is 158 Å². The number of aryl methyl sites for hydroxylation is 1. The van der Waals surface area contributed by atoms with Gasteiger partial charge in [0, 0.05) is 51.7 Å². The smallest absolute Gasteiger partial charge is 0.270 e. The number of nitrogens with zero attached hydrogens (tertiary/aromatic N) is 3. The van der Waals surface area contributed by atoms with Gasteiger partial charge in [0.05, 0.1) is 6.04 Å². The van der Waals surface area contributed by atoms with Crippen molar-refractivity contribution in [3.63, 3.8) is 0 Å². The lowest BCUT2D eigenvalue weighted by atomic mass is 9.82. The van der Waals surface area contributed by atoms with Crippen LogP contribution < -0.4 is 10.1 Å². The summed E-state index contributed by atoms with van der Waals surface area (Å²) in [6, 6.07) is 9.35. The van der Waals surface area contributed by atoms with Crippen LogP contribution in [0.15, 0.2) is 36.5 Å². The summed E-state index contributed by atoms with van der Waals surface area (Å²) in [7, 11) is 3.58. The van der Waals surface area contributed by atoms with Gasteiger partial charge < -0.3 is 15.0 Å². The van der Waals surface area contributed by atoms with Crippen LogP contribution >= 0.6 is 0 Å². The minimum atomic E-state index is -0.445. The van der Waals surface area contributed by atoms with E-state index in [1.165, 1.54) is 0 Å². The van der Waals surface area contributed by atoms with E-state index in [0.717, 1.165) is 17.7 Å². The zero-order chi connectivity index (χ0) is 19.0. The van der Waals surface area contributed by atoms with Crippen molar-refractivity contribution in [2.24, 2.45) is 7.05 Å². The molecule has 2 aromatic rings. The van der Waals surface area contributed by atoms with Gasteiger partial charge in [0.2, 0.25) is 5.91 Å². The van der Waals surface area contributed by atoms with Gasteiger partial charge in [-0.2, -0.15) is 5.10 Å². The second-order valence-corrected chi connectivity index (χ2v) is 7.46. The molecule has 1 saturated heterocycles. The molecule has 2 aliphatic rings. The van der Waals surface area contributed by atoms with E-state index in [4.69, 9.17) is 4.74 Å². The van der Waals surface area contributed by atoms with E-state index in [0.29, 0.717) is 31.5 Å². The van der Waals surface area contributed by atoms with Gasteiger partial charge in [-0.05, 0) is 18.6 Å². The zero-order valence-electron chi connectivity index (χ0n) is 15.6. The fourth-order valence-corrected chi connectivity index (χ4v) is 4.03. The Morgan fingerprint density at radius 1 is 1.26 bits per heavy atom. The summed E-state index contributed by atoms with van der Waals surface area (Å²) in [5.74, 6) is 0.773. The topological polar surface area (TPSA) is 76.5 Å². The largest absolute Gasteiger partial charge is 0.487 e. The molecule has 7 heteroatoms. The van der Waals surface area contributed by atoms with Crippen LogP contribution in [0.1, 0.15) is 47.8 Å². The Kier molecular flexibility index (Phi) is 4.37. The Morgan fingerprint density at radius 2 is 2.07 bits per heavy atom. The number of benzene rings is 1. The van der Waals surface area contributed by atoms with Crippen LogP contribution in [0.2, 0.25) is 0 Å². The number of ether oxygens (including phenoxy) is 1. The van der Waals surface area contributed by atoms with Gasteiger partial charge in [-0.1, -0.05) is 18.2 Å². The molecule has 1 aromatic carbocycles. The van der Waals surface area contributed by atoms with Crippen LogP contribution in [0.4, 0.5) is 0 Å². The number of aromatic nitrogens is 2. The van der Waals surface area contributed by atoms with Crippen molar-refractivity contribution in [3.8, 4) is 5.75 Å². The van der Waals surface area contributed by atoms with E-state index in [1.54, 1.807) is 28.9 Å². The molecule has 0 bridgehead atoms. The highest BCUT2D eigenvalue weighted by atomic mass is 16.5. The Bertz CT molecular complexity index is 878. The van der Waals surface area contributed by atoms with Crippen molar-refractivity contribution in [2.45, 2.75) is 37.3 Å². The first-order valence-electron chi connectivity index (χ1n) is 9.28. The normalized spacial score (nSPS) is 24.9. The highest BCUT2D eigenvalue weighted by Gasteiger charge is 2.43.